The first kappa shape index (κ1) is 13.5. The lowest BCUT2D eigenvalue weighted by atomic mass is 10.1. The van der Waals surface area contributed by atoms with E-state index in [-0.39, 0.29) is 16.3 Å². The predicted molar refractivity (Wildman–Crippen MR) is 89.5 cm³/mol. The van der Waals surface area contributed by atoms with Gasteiger partial charge in [0, 0.05) is 16.3 Å². The zero-order valence-corrected chi connectivity index (χ0v) is 12.2. The van der Waals surface area contributed by atoms with Crippen molar-refractivity contribution >= 4 is 10.8 Å². The van der Waals surface area contributed by atoms with Crippen molar-refractivity contribution in [2.45, 2.75) is 0 Å². The van der Waals surface area contributed by atoms with E-state index < -0.39 is 0 Å². The highest BCUT2D eigenvalue weighted by Gasteiger charge is 2.09. The minimum Gasteiger partial charge on any atom is -0.452 e. The van der Waals surface area contributed by atoms with Gasteiger partial charge in [0.2, 0.25) is 5.43 Å². The van der Waals surface area contributed by atoms with Crippen LogP contribution in [0.1, 0.15) is 0 Å². The van der Waals surface area contributed by atoms with Gasteiger partial charge in [0.05, 0.1) is 5.22 Å². The number of hydrogen-bond donors (Lipinski definition) is 0. The van der Waals surface area contributed by atoms with Crippen molar-refractivity contribution < 1.29 is 4.42 Å². The number of rotatable bonds is 1. The van der Waals surface area contributed by atoms with Crippen molar-refractivity contribution in [1.29, 1.82) is 0 Å². The molecule has 0 unspecified atom stereocenters. The zero-order valence-electron chi connectivity index (χ0n) is 12.2. The summed E-state index contributed by atoms with van der Waals surface area (Å²) in [5.74, 6) is 0.549. The monoisotopic (exact) mass is 300 g/mol. The third-order valence-corrected chi connectivity index (χ3v) is 3.89. The maximum absolute atomic E-state index is 12.7. The molecule has 110 valence electrons. The standard InChI is InChI=1S/C20H12O3/c21-18-14-9-4-5-10-15(14)19(22)20-16(18)11-6-12-17(23-20)13-7-2-1-3-8-13/h1-12H. The largest absolute Gasteiger partial charge is 0.452 e. The summed E-state index contributed by atoms with van der Waals surface area (Å²) in [6.07, 6.45) is 0. The molecule has 1 heterocycles. The Morgan fingerprint density at radius 2 is 1.26 bits per heavy atom. The summed E-state index contributed by atoms with van der Waals surface area (Å²) in [7, 11) is 0. The fourth-order valence-electron chi connectivity index (χ4n) is 2.76. The molecule has 4 rings (SSSR count). The zero-order chi connectivity index (χ0) is 15.8. The van der Waals surface area contributed by atoms with Crippen LogP contribution in [0.3, 0.4) is 0 Å². The Bertz CT molecular complexity index is 1190. The summed E-state index contributed by atoms with van der Waals surface area (Å²) in [5, 5.41) is 1.11. The minimum atomic E-state index is -0.261. The molecule has 2 aliphatic rings. The van der Waals surface area contributed by atoms with E-state index in [0.29, 0.717) is 21.8 Å². The second-order valence-corrected chi connectivity index (χ2v) is 5.30. The second-order valence-electron chi connectivity index (χ2n) is 5.30. The van der Waals surface area contributed by atoms with E-state index in [1.807, 2.05) is 30.3 Å². The van der Waals surface area contributed by atoms with Gasteiger partial charge in [-0.3, -0.25) is 9.59 Å². The fraction of sp³-hybridized carbons (Fsp3) is 0. The Labute approximate surface area is 131 Å². The Kier molecular flexibility index (Phi) is 3.05. The molecule has 0 spiro atoms. The highest BCUT2D eigenvalue weighted by Crippen LogP contribution is 2.18. The lowest BCUT2D eigenvalue weighted by molar-refractivity contribution is 0.534. The smallest absolute Gasteiger partial charge is 0.229 e. The summed E-state index contributed by atoms with van der Waals surface area (Å²) >= 11 is 0. The molecule has 23 heavy (non-hydrogen) atoms. The Hall–Kier alpha value is -3.20. The van der Waals surface area contributed by atoms with Crippen LogP contribution in [0, 0.1) is 10.6 Å². The second kappa shape index (κ2) is 5.21. The van der Waals surface area contributed by atoms with E-state index in [1.54, 1.807) is 42.5 Å². The van der Waals surface area contributed by atoms with E-state index in [4.69, 9.17) is 4.42 Å². The molecule has 3 nitrogen and oxygen atoms in total. The van der Waals surface area contributed by atoms with Crippen molar-refractivity contribution in [3.05, 3.63) is 104 Å². The van der Waals surface area contributed by atoms with Crippen LogP contribution < -0.4 is 10.9 Å². The van der Waals surface area contributed by atoms with Crippen molar-refractivity contribution in [2.75, 3.05) is 0 Å². The van der Waals surface area contributed by atoms with Gasteiger partial charge < -0.3 is 4.42 Å². The average molecular weight is 300 g/mol. The molecular weight excluding hydrogens is 288 g/mol. The fourth-order valence-corrected chi connectivity index (χ4v) is 2.76. The quantitative estimate of drug-likeness (QED) is 0.540. The summed E-state index contributed by atoms with van der Waals surface area (Å²) < 4.78 is 5.85. The molecular formula is C20H12O3. The van der Waals surface area contributed by atoms with Crippen LogP contribution in [0.2, 0.25) is 0 Å². The van der Waals surface area contributed by atoms with Gasteiger partial charge in [-0.15, -0.1) is 0 Å². The van der Waals surface area contributed by atoms with Crippen molar-refractivity contribution in [3.8, 4) is 11.3 Å². The lowest BCUT2D eigenvalue weighted by Crippen LogP contribution is -2.13. The molecule has 3 heteroatoms. The first-order chi connectivity index (χ1) is 11.3. The highest BCUT2D eigenvalue weighted by molar-refractivity contribution is 5.81. The van der Waals surface area contributed by atoms with E-state index in [0.717, 1.165) is 5.56 Å². The number of hydrogen-bond acceptors (Lipinski definition) is 3. The highest BCUT2D eigenvalue weighted by atomic mass is 16.3. The van der Waals surface area contributed by atoms with Crippen LogP contribution >= 0.6 is 0 Å². The number of benzene rings is 2. The first-order valence-corrected chi connectivity index (χ1v) is 7.30. The van der Waals surface area contributed by atoms with E-state index in [9.17, 15) is 9.59 Å². The Morgan fingerprint density at radius 3 is 2.00 bits per heavy atom. The molecule has 0 amide bonds. The first-order valence-electron chi connectivity index (χ1n) is 7.30. The van der Waals surface area contributed by atoms with Gasteiger partial charge in [-0.05, 0) is 12.1 Å². The van der Waals surface area contributed by atoms with Gasteiger partial charge >= 0.3 is 0 Å². The molecule has 0 saturated heterocycles. The maximum atomic E-state index is 12.7. The predicted octanol–water partition coefficient (Wildman–Crippen LogP) is 3.54. The molecule has 0 bridgehead atoms. The summed E-state index contributed by atoms with van der Waals surface area (Å²) in [6, 6.07) is 21.5. The summed E-state index contributed by atoms with van der Waals surface area (Å²) in [6.45, 7) is 0. The van der Waals surface area contributed by atoms with Gasteiger partial charge in [0.25, 0.3) is 0 Å². The molecule has 0 atom stereocenters. The molecule has 2 aromatic rings. The van der Waals surface area contributed by atoms with Crippen molar-refractivity contribution in [3.63, 3.8) is 0 Å². The van der Waals surface area contributed by atoms with Crippen molar-refractivity contribution in [2.24, 2.45) is 0 Å². The molecule has 0 aromatic heterocycles. The van der Waals surface area contributed by atoms with E-state index in [1.165, 1.54) is 0 Å². The van der Waals surface area contributed by atoms with Gasteiger partial charge in [0.15, 0.2) is 10.8 Å². The van der Waals surface area contributed by atoms with Gasteiger partial charge in [-0.25, -0.2) is 0 Å². The number of fused-ring (bicyclic) bond motifs is 1. The average Bonchev–Trinajstić information content (AvgIpc) is 2.84. The lowest BCUT2D eigenvalue weighted by Gasteiger charge is -1.98. The third kappa shape index (κ3) is 2.14. The summed E-state index contributed by atoms with van der Waals surface area (Å²) in [5.41, 5.74) is 0.500. The minimum absolute atomic E-state index is 0.0950. The summed E-state index contributed by atoms with van der Waals surface area (Å²) in [4.78, 5) is 25.4. The van der Waals surface area contributed by atoms with Crippen LogP contribution in [-0.4, -0.2) is 0 Å². The van der Waals surface area contributed by atoms with Crippen LogP contribution in [-0.2, 0) is 0 Å². The Balaban J connectivity index is 2.23. The van der Waals surface area contributed by atoms with Gasteiger partial charge in [0.1, 0.15) is 5.76 Å². The molecule has 0 N–H and O–H groups in total. The SMILES string of the molecule is O=c1c2cccc(-c3ccccc3)oc=2c(=O)c2ccccc12. The van der Waals surface area contributed by atoms with E-state index in [2.05, 4.69) is 0 Å². The van der Waals surface area contributed by atoms with Crippen LogP contribution in [0.4, 0.5) is 0 Å². The van der Waals surface area contributed by atoms with E-state index >= 15 is 0 Å². The molecule has 0 saturated carbocycles. The molecule has 0 radical (unpaired) electrons. The van der Waals surface area contributed by atoms with Crippen LogP contribution in [0.15, 0.2) is 86.8 Å². The molecule has 0 fully saturated rings. The van der Waals surface area contributed by atoms with Gasteiger partial charge in [-0.1, -0.05) is 60.7 Å². The van der Waals surface area contributed by atoms with Gasteiger partial charge in [-0.2, -0.15) is 0 Å². The van der Waals surface area contributed by atoms with Crippen LogP contribution in [0.25, 0.3) is 22.1 Å². The Morgan fingerprint density at radius 1 is 0.609 bits per heavy atom. The van der Waals surface area contributed by atoms with Crippen LogP contribution in [0.5, 0.6) is 0 Å². The molecule has 1 aliphatic heterocycles. The molecule has 1 aliphatic carbocycles. The normalized spacial score (nSPS) is 11.0. The topological polar surface area (TPSA) is 47.3 Å². The van der Waals surface area contributed by atoms with Crippen molar-refractivity contribution in [1.82, 2.24) is 0 Å². The maximum Gasteiger partial charge on any atom is 0.229 e. The third-order valence-electron chi connectivity index (χ3n) is 3.89. The molecule has 2 aromatic carbocycles.